The number of hydrogen-bond donors (Lipinski definition) is 0. The molecule has 132 valence electrons. The number of sulfone groups is 1. The lowest BCUT2D eigenvalue weighted by atomic mass is 9.96. The van der Waals surface area contributed by atoms with E-state index in [4.69, 9.17) is 0 Å². The van der Waals surface area contributed by atoms with Gasteiger partial charge in [0.1, 0.15) is 9.84 Å². The van der Waals surface area contributed by atoms with Crippen LogP contribution in [0.4, 0.5) is 0 Å². The summed E-state index contributed by atoms with van der Waals surface area (Å²) < 4.78 is 22.4. The van der Waals surface area contributed by atoms with Crippen molar-refractivity contribution in [2.24, 2.45) is 5.92 Å². The van der Waals surface area contributed by atoms with Gasteiger partial charge in [0.05, 0.1) is 11.7 Å². The van der Waals surface area contributed by atoms with Crippen LogP contribution in [0.1, 0.15) is 19.8 Å². The molecule has 0 radical (unpaired) electrons. The van der Waals surface area contributed by atoms with Gasteiger partial charge in [-0.25, -0.2) is 8.42 Å². The van der Waals surface area contributed by atoms with Gasteiger partial charge in [0.2, 0.25) is 11.8 Å². The Morgan fingerprint density at radius 2 is 1.70 bits per heavy atom. The topological polar surface area (TPSA) is 78.0 Å². The number of likely N-dealkylation sites (tertiary alicyclic amines) is 1. The Bertz CT molecular complexity index is 541. The van der Waals surface area contributed by atoms with Crippen LogP contribution in [0.2, 0.25) is 0 Å². The summed E-state index contributed by atoms with van der Waals surface area (Å²) in [7, 11) is -2.94. The highest BCUT2D eigenvalue weighted by atomic mass is 32.2. The van der Waals surface area contributed by atoms with E-state index in [-0.39, 0.29) is 23.5 Å². The van der Waals surface area contributed by atoms with Crippen LogP contribution in [0.3, 0.4) is 0 Å². The van der Waals surface area contributed by atoms with Crippen LogP contribution < -0.4 is 0 Å². The lowest BCUT2D eigenvalue weighted by molar-refractivity contribution is -0.141. The summed E-state index contributed by atoms with van der Waals surface area (Å²) in [5, 5.41) is 0. The first-order valence-electron chi connectivity index (χ1n) is 8.20. The van der Waals surface area contributed by atoms with E-state index in [9.17, 15) is 18.0 Å². The van der Waals surface area contributed by atoms with Crippen molar-refractivity contribution in [3.63, 3.8) is 0 Å². The molecule has 0 saturated carbocycles. The number of carbonyl (C=O) groups excluding carboxylic acids is 2. The van der Waals surface area contributed by atoms with Crippen molar-refractivity contribution in [1.29, 1.82) is 0 Å². The fourth-order valence-corrected chi connectivity index (χ4v) is 3.80. The van der Waals surface area contributed by atoms with Crippen molar-refractivity contribution in [3.05, 3.63) is 0 Å². The van der Waals surface area contributed by atoms with Crippen LogP contribution >= 0.6 is 0 Å². The van der Waals surface area contributed by atoms with E-state index < -0.39 is 9.84 Å². The van der Waals surface area contributed by atoms with Crippen molar-refractivity contribution < 1.29 is 18.0 Å². The number of piperidine rings is 1. The quantitative estimate of drug-likeness (QED) is 0.682. The highest BCUT2D eigenvalue weighted by molar-refractivity contribution is 7.90. The molecule has 0 bridgehead atoms. The second-order valence-corrected chi connectivity index (χ2v) is 8.86. The summed E-state index contributed by atoms with van der Waals surface area (Å²) in [5.74, 6) is 0.249. The molecular weight excluding hydrogens is 318 g/mol. The minimum absolute atomic E-state index is 0.0353. The summed E-state index contributed by atoms with van der Waals surface area (Å²) in [6.07, 6.45) is 2.97. The van der Waals surface area contributed by atoms with Gasteiger partial charge in [-0.2, -0.15) is 0 Å². The molecule has 2 heterocycles. The Hall–Kier alpha value is -1.15. The third-order valence-corrected chi connectivity index (χ3v) is 5.60. The average molecular weight is 345 g/mol. The van der Waals surface area contributed by atoms with E-state index in [1.807, 2.05) is 4.90 Å². The summed E-state index contributed by atoms with van der Waals surface area (Å²) >= 11 is 0. The van der Waals surface area contributed by atoms with Crippen molar-refractivity contribution in [2.75, 3.05) is 57.8 Å². The molecule has 2 aliphatic rings. The number of hydrogen-bond acceptors (Lipinski definition) is 5. The standard InChI is InChI=1S/C15H27N3O4S/c1-13(19)18-5-3-4-14(12-18)15(20)17-8-6-16(7-9-17)10-11-23(2,21)22/h14H,3-12H2,1-2H3. The van der Waals surface area contributed by atoms with Crippen LogP contribution in [0.5, 0.6) is 0 Å². The first kappa shape index (κ1) is 18.2. The van der Waals surface area contributed by atoms with Crippen molar-refractivity contribution in [2.45, 2.75) is 19.8 Å². The van der Waals surface area contributed by atoms with Crippen molar-refractivity contribution in [3.8, 4) is 0 Å². The number of amides is 2. The highest BCUT2D eigenvalue weighted by Crippen LogP contribution is 2.19. The molecule has 2 aliphatic heterocycles. The molecule has 0 N–H and O–H groups in total. The van der Waals surface area contributed by atoms with E-state index in [1.165, 1.54) is 6.26 Å². The molecule has 0 spiro atoms. The van der Waals surface area contributed by atoms with Gasteiger partial charge in [0.15, 0.2) is 0 Å². The van der Waals surface area contributed by atoms with Gasteiger partial charge in [-0.3, -0.25) is 14.5 Å². The summed E-state index contributed by atoms with van der Waals surface area (Å²) in [5.41, 5.74) is 0. The van der Waals surface area contributed by atoms with E-state index >= 15 is 0 Å². The molecule has 8 heteroatoms. The zero-order chi connectivity index (χ0) is 17.0. The fraction of sp³-hybridized carbons (Fsp3) is 0.867. The minimum atomic E-state index is -2.94. The third kappa shape index (κ3) is 5.46. The minimum Gasteiger partial charge on any atom is -0.342 e. The number of rotatable bonds is 4. The first-order valence-corrected chi connectivity index (χ1v) is 10.3. The smallest absolute Gasteiger partial charge is 0.227 e. The van der Waals surface area contributed by atoms with Crippen LogP contribution in [-0.2, 0) is 19.4 Å². The summed E-state index contributed by atoms with van der Waals surface area (Å²) in [4.78, 5) is 29.8. The van der Waals surface area contributed by atoms with E-state index in [0.717, 1.165) is 19.4 Å². The van der Waals surface area contributed by atoms with Gasteiger partial charge >= 0.3 is 0 Å². The van der Waals surface area contributed by atoms with Gasteiger partial charge in [-0.15, -0.1) is 0 Å². The van der Waals surface area contributed by atoms with Crippen LogP contribution in [0.15, 0.2) is 0 Å². The lowest BCUT2D eigenvalue weighted by Crippen LogP contribution is -2.53. The normalized spacial score (nSPS) is 23.8. The Balaban J connectivity index is 1.80. The fourth-order valence-electron chi connectivity index (χ4n) is 3.21. The van der Waals surface area contributed by atoms with Gasteiger partial charge in [-0.05, 0) is 12.8 Å². The van der Waals surface area contributed by atoms with Gasteiger partial charge in [-0.1, -0.05) is 0 Å². The Morgan fingerprint density at radius 3 is 2.26 bits per heavy atom. The van der Waals surface area contributed by atoms with Gasteiger partial charge in [0.25, 0.3) is 0 Å². The molecule has 0 aliphatic carbocycles. The summed E-state index contributed by atoms with van der Waals surface area (Å²) in [6.45, 7) is 6.06. The predicted octanol–water partition coefficient (Wildman–Crippen LogP) is -0.566. The summed E-state index contributed by atoms with van der Waals surface area (Å²) in [6, 6.07) is 0. The zero-order valence-electron chi connectivity index (χ0n) is 14.0. The van der Waals surface area contributed by atoms with Crippen molar-refractivity contribution >= 4 is 21.7 Å². The molecule has 2 fully saturated rings. The molecule has 0 aromatic carbocycles. The molecular formula is C15H27N3O4S. The predicted molar refractivity (Wildman–Crippen MR) is 87.7 cm³/mol. The van der Waals surface area contributed by atoms with E-state index in [0.29, 0.717) is 39.3 Å². The van der Waals surface area contributed by atoms with Gasteiger partial charge in [0, 0.05) is 59.0 Å². The Morgan fingerprint density at radius 1 is 1.04 bits per heavy atom. The monoisotopic (exact) mass is 345 g/mol. The second-order valence-electron chi connectivity index (χ2n) is 6.60. The highest BCUT2D eigenvalue weighted by Gasteiger charge is 2.31. The molecule has 2 saturated heterocycles. The Kier molecular flexibility index (Phi) is 6.02. The maximum Gasteiger partial charge on any atom is 0.227 e. The molecule has 7 nitrogen and oxygen atoms in total. The SMILES string of the molecule is CC(=O)N1CCCC(C(=O)N2CCN(CCS(C)(=O)=O)CC2)C1. The molecule has 0 aromatic rings. The first-order chi connectivity index (χ1) is 10.8. The van der Waals surface area contributed by atoms with Crippen molar-refractivity contribution in [1.82, 2.24) is 14.7 Å². The largest absolute Gasteiger partial charge is 0.342 e. The Labute approximate surface area is 138 Å². The molecule has 1 atom stereocenters. The van der Waals surface area contributed by atoms with Crippen LogP contribution in [0, 0.1) is 5.92 Å². The molecule has 1 unspecified atom stereocenters. The van der Waals surface area contributed by atoms with E-state index in [2.05, 4.69) is 4.90 Å². The third-order valence-electron chi connectivity index (χ3n) is 4.68. The lowest BCUT2D eigenvalue weighted by Gasteiger charge is -2.38. The number of piperazine rings is 1. The number of carbonyl (C=O) groups is 2. The molecule has 2 amide bonds. The average Bonchev–Trinajstić information content (AvgIpc) is 2.52. The van der Waals surface area contributed by atoms with Crippen LogP contribution in [-0.4, -0.2) is 92.8 Å². The maximum atomic E-state index is 12.6. The molecule has 2 rings (SSSR count). The van der Waals surface area contributed by atoms with E-state index in [1.54, 1.807) is 11.8 Å². The zero-order valence-corrected chi connectivity index (χ0v) is 14.8. The van der Waals surface area contributed by atoms with Gasteiger partial charge < -0.3 is 9.80 Å². The maximum absolute atomic E-state index is 12.6. The number of nitrogens with zero attached hydrogens (tertiary/aromatic N) is 3. The second kappa shape index (κ2) is 7.61. The molecule has 23 heavy (non-hydrogen) atoms. The van der Waals surface area contributed by atoms with Crippen LogP contribution in [0.25, 0.3) is 0 Å². The molecule has 0 aromatic heterocycles.